The van der Waals surface area contributed by atoms with Crippen molar-refractivity contribution in [3.8, 4) is 0 Å². The van der Waals surface area contributed by atoms with Crippen molar-refractivity contribution < 1.29 is 58.3 Å². The van der Waals surface area contributed by atoms with Crippen LogP contribution in [0.2, 0.25) is 12.1 Å². The monoisotopic (exact) mass is 763 g/mol. The molecule has 0 saturated carbocycles. The number of hydrogen-bond acceptors (Lipinski definition) is 17. The zero-order chi connectivity index (χ0) is 37.5. The number of unbranched alkanes of at least 4 members (excludes halogenated alkanes) is 1. The fraction of sp³-hybridized carbons (Fsp3) is 1.00. The summed E-state index contributed by atoms with van der Waals surface area (Å²) in [4.78, 5) is 56.1. The van der Waals surface area contributed by atoms with Crippen molar-refractivity contribution in [1.29, 1.82) is 0 Å². The quantitative estimate of drug-likeness (QED) is 0.0216. The van der Waals surface area contributed by atoms with Gasteiger partial charge in [0.05, 0.1) is 38.1 Å². The molecule has 50 heavy (non-hydrogen) atoms. The topological polar surface area (TPSA) is 261 Å². The minimum atomic E-state index is -4.04. The highest BCUT2D eigenvalue weighted by molar-refractivity contribution is 6.56. The van der Waals surface area contributed by atoms with E-state index < -0.39 is 35.9 Å². The minimum absolute atomic E-state index is 0.0925. The van der Waals surface area contributed by atoms with E-state index in [0.717, 1.165) is 32.4 Å². The van der Waals surface area contributed by atoms with Gasteiger partial charge in [0.2, 0.25) is 0 Å². The Morgan fingerprint density at radius 2 is 1.02 bits per heavy atom. The lowest BCUT2D eigenvalue weighted by Gasteiger charge is -2.26. The number of nitrogens with zero attached hydrogens (tertiary/aromatic N) is 1. The fourth-order valence-electron chi connectivity index (χ4n) is 4.91. The molecule has 13 N–H and O–H groups in total. The third-order valence-electron chi connectivity index (χ3n) is 7.82. The lowest BCUT2D eigenvalue weighted by molar-refractivity contribution is 0.00323. The summed E-state index contributed by atoms with van der Waals surface area (Å²) < 4.78 is 16.5. The Kier molecular flexibility index (Phi) is 32.0. The summed E-state index contributed by atoms with van der Waals surface area (Å²) >= 11 is 0. The van der Waals surface area contributed by atoms with Gasteiger partial charge in [-0.1, -0.05) is 33.1 Å². The van der Waals surface area contributed by atoms with Crippen LogP contribution in [0.3, 0.4) is 0 Å². The second-order valence-electron chi connectivity index (χ2n) is 13.0. The van der Waals surface area contributed by atoms with E-state index in [0.29, 0.717) is 90.9 Å². The Hall–Kier alpha value is -0.246. The van der Waals surface area contributed by atoms with Crippen molar-refractivity contribution in [2.75, 3.05) is 112 Å². The molecule has 0 aliphatic rings. The molecule has 19 heteroatoms. The molecule has 0 radical (unpaired) electrons. The summed E-state index contributed by atoms with van der Waals surface area (Å²) in [6, 6.07) is -0.185. The van der Waals surface area contributed by atoms with Crippen molar-refractivity contribution >= 4 is 17.6 Å². The van der Waals surface area contributed by atoms with Crippen molar-refractivity contribution in [1.82, 2.24) is 26.2 Å². The smallest absolute Gasteiger partial charge is 0.390 e. The van der Waals surface area contributed by atoms with E-state index in [1.54, 1.807) is 0 Å². The van der Waals surface area contributed by atoms with Crippen LogP contribution >= 0.6 is 0 Å². The summed E-state index contributed by atoms with van der Waals surface area (Å²) in [5.74, 6) is 0.516. The molecule has 0 aromatic carbocycles. The van der Waals surface area contributed by atoms with E-state index in [4.69, 9.17) is 43.0 Å². The molecule has 0 aliphatic carbocycles. The molecule has 4 unspecified atom stereocenters. The fourth-order valence-corrected chi connectivity index (χ4v) is 6.15. The second kappa shape index (κ2) is 32.2. The van der Waals surface area contributed by atoms with Gasteiger partial charge >= 0.3 is 17.6 Å². The first-order valence-electron chi connectivity index (χ1n) is 18.4. The van der Waals surface area contributed by atoms with Crippen LogP contribution in [0.1, 0.15) is 52.4 Å². The van der Waals surface area contributed by atoms with E-state index in [1.807, 2.05) is 0 Å². The molecule has 0 aromatic heterocycles. The van der Waals surface area contributed by atoms with Crippen LogP contribution in [-0.2, 0) is 14.2 Å². The number of aliphatic hydroxyl groups excluding tert-OH is 3. The number of rotatable bonds is 38. The molecule has 0 saturated heterocycles. The standard InChI is InChI=1S/C31H73N5O12Si2/c1-3-5-8-28(4-2)24-48-27-31(39)23-36(15-13-32-9-11-34-21-29(37)25-46-17-6-19-49(40,41)42)16-14-33-10-12-35-22-30(38)26-47-18-7-20-50(43,44)45/h28-35,37-45H,3-27H2,1-2H3. The Balaban J connectivity index is 4.32. The molecule has 0 bridgehead atoms. The molecule has 0 heterocycles. The molecule has 0 rings (SSSR count). The van der Waals surface area contributed by atoms with Gasteiger partial charge in [0.1, 0.15) is 0 Å². The average molecular weight is 764 g/mol. The van der Waals surface area contributed by atoms with Crippen LogP contribution in [0.25, 0.3) is 0 Å². The summed E-state index contributed by atoms with van der Waals surface area (Å²) in [6.45, 7) is 12.8. The van der Waals surface area contributed by atoms with Crippen molar-refractivity contribution in [3.05, 3.63) is 0 Å². The third kappa shape index (κ3) is 36.1. The average Bonchev–Trinajstić information content (AvgIpc) is 3.03. The van der Waals surface area contributed by atoms with E-state index in [2.05, 4.69) is 40.0 Å². The second-order valence-corrected chi connectivity index (χ2v) is 17.1. The Labute approximate surface area is 302 Å². The Morgan fingerprint density at radius 3 is 1.46 bits per heavy atom. The number of ether oxygens (including phenoxy) is 3. The molecule has 4 atom stereocenters. The van der Waals surface area contributed by atoms with Gasteiger partial charge in [-0.2, -0.15) is 0 Å². The highest BCUT2D eigenvalue weighted by Crippen LogP contribution is 2.13. The van der Waals surface area contributed by atoms with Crippen molar-refractivity contribution in [3.63, 3.8) is 0 Å². The summed E-state index contributed by atoms with van der Waals surface area (Å²) in [7, 11) is -8.08. The Bertz CT molecular complexity index is 703. The van der Waals surface area contributed by atoms with Crippen molar-refractivity contribution in [2.45, 2.75) is 82.8 Å². The zero-order valence-electron chi connectivity index (χ0n) is 30.7. The van der Waals surface area contributed by atoms with E-state index in [1.165, 1.54) is 6.42 Å². The molecule has 302 valence electrons. The maximum atomic E-state index is 10.7. The molecule has 0 amide bonds. The summed E-state index contributed by atoms with van der Waals surface area (Å²) in [5.41, 5.74) is 0. The van der Waals surface area contributed by atoms with Crippen LogP contribution in [0.15, 0.2) is 0 Å². The summed E-state index contributed by atoms with van der Waals surface area (Å²) in [6.07, 6.45) is 3.18. The molecule has 0 spiro atoms. The van der Waals surface area contributed by atoms with Gasteiger partial charge in [-0.25, -0.2) is 0 Å². The number of hydrogen-bond donors (Lipinski definition) is 13. The maximum Gasteiger partial charge on any atom is 0.492 e. The highest BCUT2D eigenvalue weighted by atomic mass is 28.4. The van der Waals surface area contributed by atoms with Crippen molar-refractivity contribution in [2.24, 2.45) is 5.92 Å². The zero-order valence-corrected chi connectivity index (χ0v) is 32.7. The first-order valence-corrected chi connectivity index (χ1v) is 22.5. The molecular weight excluding hydrogens is 691 g/mol. The SMILES string of the molecule is CCCCC(CC)COCC(O)CN(CCNCCNCC(O)COCCC[Si](O)(O)O)CCNCCNCC(O)COCCC[Si](O)(O)O. The van der Waals surface area contributed by atoms with Crippen LogP contribution in [0.5, 0.6) is 0 Å². The highest BCUT2D eigenvalue weighted by Gasteiger charge is 2.26. The molecule has 0 fully saturated rings. The summed E-state index contributed by atoms with van der Waals surface area (Å²) in [5, 5.41) is 43.9. The van der Waals surface area contributed by atoms with Gasteiger partial charge in [-0.05, 0) is 25.2 Å². The van der Waals surface area contributed by atoms with E-state index in [-0.39, 0.29) is 38.5 Å². The largest absolute Gasteiger partial charge is 0.492 e. The van der Waals surface area contributed by atoms with E-state index in [9.17, 15) is 15.3 Å². The number of aliphatic hydroxyl groups is 3. The predicted molar refractivity (Wildman–Crippen MR) is 195 cm³/mol. The van der Waals surface area contributed by atoms with Gasteiger partial charge in [0, 0.05) is 104 Å². The van der Waals surface area contributed by atoms with Crippen LogP contribution in [0.4, 0.5) is 0 Å². The maximum absolute atomic E-state index is 10.7. The van der Waals surface area contributed by atoms with Crippen LogP contribution < -0.4 is 21.3 Å². The van der Waals surface area contributed by atoms with E-state index >= 15 is 0 Å². The first-order chi connectivity index (χ1) is 23.8. The van der Waals surface area contributed by atoms with Crippen LogP contribution in [0, 0.1) is 5.92 Å². The molecule has 0 aliphatic heterocycles. The molecular formula is C31H73N5O12Si2. The molecule has 0 aromatic rings. The Morgan fingerprint density at radius 1 is 0.560 bits per heavy atom. The third-order valence-corrected chi connectivity index (χ3v) is 9.87. The van der Waals surface area contributed by atoms with Crippen LogP contribution in [-0.4, -0.2) is 197 Å². The normalized spacial score (nSPS) is 15.1. The van der Waals surface area contributed by atoms with Gasteiger partial charge in [-0.3, -0.25) is 4.90 Å². The van der Waals surface area contributed by atoms with Gasteiger partial charge in [0.15, 0.2) is 0 Å². The number of nitrogens with one attached hydrogen (secondary N) is 4. The first kappa shape index (κ1) is 49.8. The lowest BCUT2D eigenvalue weighted by atomic mass is 10.0. The predicted octanol–water partition coefficient (Wildman–Crippen LogP) is -3.39. The molecule has 17 nitrogen and oxygen atoms in total. The van der Waals surface area contributed by atoms with Gasteiger partial charge in [0.25, 0.3) is 0 Å². The van der Waals surface area contributed by atoms with Gasteiger partial charge < -0.3 is 79.6 Å². The lowest BCUT2D eigenvalue weighted by Crippen LogP contribution is -2.44. The minimum Gasteiger partial charge on any atom is -0.390 e. The van der Waals surface area contributed by atoms with Gasteiger partial charge in [-0.15, -0.1) is 0 Å².